The predicted molar refractivity (Wildman–Crippen MR) is 107 cm³/mol. The summed E-state index contributed by atoms with van der Waals surface area (Å²) in [5, 5.41) is 5.01. The van der Waals surface area contributed by atoms with Crippen molar-refractivity contribution in [1.29, 1.82) is 0 Å². The molecule has 0 bridgehead atoms. The molecule has 1 heterocycles. The van der Waals surface area contributed by atoms with Crippen LogP contribution in [-0.2, 0) is 11.3 Å². The maximum absolute atomic E-state index is 12.7. The standard InChI is InChI=1S/C22H22N2O4/c1-4-11-24-21(26)17-8-6-5-7-16(17)20(23-24)22(27)28-13-19(25)18-12-14(2)9-10-15(18)3/h5-10,12H,4,11,13H2,1-3H3. The zero-order chi connectivity index (χ0) is 20.3. The van der Waals surface area contributed by atoms with Crippen LogP contribution < -0.4 is 5.56 Å². The molecule has 6 heteroatoms. The lowest BCUT2D eigenvalue weighted by Crippen LogP contribution is -2.27. The summed E-state index contributed by atoms with van der Waals surface area (Å²) in [5.41, 5.74) is 2.10. The van der Waals surface area contributed by atoms with Gasteiger partial charge in [0.2, 0.25) is 5.78 Å². The van der Waals surface area contributed by atoms with Crippen molar-refractivity contribution in [3.8, 4) is 0 Å². The van der Waals surface area contributed by atoms with Crippen LogP contribution in [0.1, 0.15) is 45.3 Å². The van der Waals surface area contributed by atoms with Gasteiger partial charge in [-0.05, 0) is 38.0 Å². The van der Waals surface area contributed by atoms with Gasteiger partial charge < -0.3 is 4.74 Å². The van der Waals surface area contributed by atoms with Crippen LogP contribution in [0.4, 0.5) is 0 Å². The second-order valence-electron chi connectivity index (χ2n) is 6.74. The van der Waals surface area contributed by atoms with Gasteiger partial charge >= 0.3 is 5.97 Å². The molecule has 0 saturated heterocycles. The van der Waals surface area contributed by atoms with Crippen LogP contribution in [0.3, 0.4) is 0 Å². The van der Waals surface area contributed by atoms with Crippen molar-refractivity contribution in [3.05, 3.63) is 75.2 Å². The van der Waals surface area contributed by atoms with Crippen molar-refractivity contribution in [2.75, 3.05) is 6.61 Å². The number of hydrogen-bond donors (Lipinski definition) is 0. The Kier molecular flexibility index (Phi) is 5.68. The molecular formula is C22H22N2O4. The van der Waals surface area contributed by atoms with Crippen LogP contribution in [0.15, 0.2) is 47.3 Å². The zero-order valence-corrected chi connectivity index (χ0v) is 16.2. The number of fused-ring (bicyclic) bond motifs is 1. The van der Waals surface area contributed by atoms with Crippen LogP contribution in [0, 0.1) is 13.8 Å². The van der Waals surface area contributed by atoms with Gasteiger partial charge in [-0.25, -0.2) is 9.48 Å². The second-order valence-corrected chi connectivity index (χ2v) is 6.74. The maximum Gasteiger partial charge on any atom is 0.359 e. The Morgan fingerprint density at radius 2 is 1.79 bits per heavy atom. The molecule has 0 aliphatic rings. The number of Topliss-reactive ketones (excluding diaryl/α,β-unsaturated/α-hetero) is 1. The van der Waals surface area contributed by atoms with E-state index in [1.54, 1.807) is 30.3 Å². The number of rotatable bonds is 6. The van der Waals surface area contributed by atoms with Gasteiger partial charge in [0.25, 0.3) is 5.56 Å². The van der Waals surface area contributed by atoms with Gasteiger partial charge in [-0.1, -0.05) is 42.8 Å². The van der Waals surface area contributed by atoms with Gasteiger partial charge in [0.05, 0.1) is 5.39 Å². The lowest BCUT2D eigenvalue weighted by Gasteiger charge is -2.11. The molecule has 0 fully saturated rings. The molecule has 6 nitrogen and oxygen atoms in total. The van der Waals surface area contributed by atoms with E-state index in [0.29, 0.717) is 29.3 Å². The van der Waals surface area contributed by atoms with Crippen LogP contribution in [-0.4, -0.2) is 28.1 Å². The fourth-order valence-corrected chi connectivity index (χ4v) is 3.06. The molecule has 0 atom stereocenters. The molecule has 0 radical (unpaired) electrons. The van der Waals surface area contributed by atoms with Crippen LogP contribution in [0.25, 0.3) is 10.8 Å². The van der Waals surface area contributed by atoms with Gasteiger partial charge in [-0.15, -0.1) is 0 Å². The second kappa shape index (κ2) is 8.17. The molecule has 0 aliphatic heterocycles. The largest absolute Gasteiger partial charge is 0.452 e. The molecule has 0 spiro atoms. The Bertz CT molecular complexity index is 1120. The Balaban J connectivity index is 1.89. The summed E-state index contributed by atoms with van der Waals surface area (Å²) in [4.78, 5) is 37.7. The molecule has 1 aromatic heterocycles. The first-order valence-corrected chi connectivity index (χ1v) is 9.19. The van der Waals surface area contributed by atoms with Crippen molar-refractivity contribution >= 4 is 22.5 Å². The number of esters is 1. The molecule has 3 aromatic rings. The number of carbonyl (C=O) groups is 2. The van der Waals surface area contributed by atoms with E-state index in [2.05, 4.69) is 5.10 Å². The van der Waals surface area contributed by atoms with E-state index in [4.69, 9.17) is 4.74 Å². The number of ketones is 1. The monoisotopic (exact) mass is 378 g/mol. The normalized spacial score (nSPS) is 10.8. The average Bonchev–Trinajstić information content (AvgIpc) is 2.70. The van der Waals surface area contributed by atoms with Crippen molar-refractivity contribution in [2.45, 2.75) is 33.7 Å². The van der Waals surface area contributed by atoms with Crippen LogP contribution in [0.2, 0.25) is 0 Å². The molecular weight excluding hydrogens is 356 g/mol. The average molecular weight is 378 g/mol. The third-order valence-electron chi connectivity index (χ3n) is 4.52. The molecule has 0 unspecified atom stereocenters. The third kappa shape index (κ3) is 3.86. The lowest BCUT2D eigenvalue weighted by molar-refractivity contribution is 0.0468. The topological polar surface area (TPSA) is 78.3 Å². The van der Waals surface area contributed by atoms with Gasteiger partial charge in [0.1, 0.15) is 0 Å². The molecule has 3 rings (SSSR count). The highest BCUT2D eigenvalue weighted by atomic mass is 16.5. The first-order valence-electron chi connectivity index (χ1n) is 9.19. The van der Waals surface area contributed by atoms with Crippen LogP contribution >= 0.6 is 0 Å². The Morgan fingerprint density at radius 3 is 2.50 bits per heavy atom. The third-order valence-corrected chi connectivity index (χ3v) is 4.52. The van der Waals surface area contributed by atoms with Crippen LogP contribution in [0.5, 0.6) is 0 Å². The SMILES string of the molecule is CCCn1nc(C(=O)OCC(=O)c2cc(C)ccc2C)c2ccccc2c1=O. The number of aryl methyl sites for hydroxylation is 3. The molecule has 0 aliphatic carbocycles. The Hall–Kier alpha value is -3.28. The van der Waals surface area contributed by atoms with E-state index in [9.17, 15) is 14.4 Å². The minimum Gasteiger partial charge on any atom is -0.452 e. The minimum absolute atomic E-state index is 0.0393. The summed E-state index contributed by atoms with van der Waals surface area (Å²) in [6.45, 7) is 5.67. The summed E-state index contributed by atoms with van der Waals surface area (Å²) >= 11 is 0. The Labute approximate surface area is 162 Å². The quantitative estimate of drug-likeness (QED) is 0.485. The molecule has 144 valence electrons. The number of aromatic nitrogens is 2. The smallest absolute Gasteiger partial charge is 0.359 e. The van der Waals surface area contributed by atoms with Gasteiger partial charge in [0, 0.05) is 17.5 Å². The number of carbonyl (C=O) groups excluding carboxylic acids is 2. The molecule has 0 amide bonds. The summed E-state index contributed by atoms with van der Waals surface area (Å²) in [6.07, 6.45) is 0.699. The number of nitrogens with zero attached hydrogens (tertiary/aromatic N) is 2. The van der Waals surface area contributed by atoms with E-state index in [0.717, 1.165) is 11.1 Å². The highest BCUT2D eigenvalue weighted by Gasteiger charge is 2.19. The number of hydrogen-bond acceptors (Lipinski definition) is 5. The molecule has 28 heavy (non-hydrogen) atoms. The van der Waals surface area contributed by atoms with Crippen molar-refractivity contribution in [3.63, 3.8) is 0 Å². The van der Waals surface area contributed by atoms with Gasteiger partial charge in [-0.2, -0.15) is 5.10 Å². The number of benzene rings is 2. The van der Waals surface area contributed by atoms with E-state index >= 15 is 0 Å². The molecule has 0 saturated carbocycles. The fraction of sp³-hybridized carbons (Fsp3) is 0.273. The summed E-state index contributed by atoms with van der Waals surface area (Å²) in [7, 11) is 0. The molecule has 0 N–H and O–H groups in total. The van der Waals surface area contributed by atoms with Crippen molar-refractivity contribution < 1.29 is 14.3 Å². The summed E-state index contributed by atoms with van der Waals surface area (Å²) < 4.78 is 6.52. The van der Waals surface area contributed by atoms with Crippen molar-refractivity contribution in [2.24, 2.45) is 0 Å². The Morgan fingerprint density at radius 1 is 1.07 bits per heavy atom. The highest BCUT2D eigenvalue weighted by Crippen LogP contribution is 2.16. The zero-order valence-electron chi connectivity index (χ0n) is 16.2. The number of ether oxygens (including phenoxy) is 1. The van der Waals surface area contributed by atoms with Crippen molar-refractivity contribution in [1.82, 2.24) is 9.78 Å². The first-order chi connectivity index (χ1) is 13.4. The van der Waals surface area contributed by atoms with E-state index in [1.807, 2.05) is 32.9 Å². The predicted octanol–water partition coefficient (Wildman–Crippen LogP) is 3.46. The summed E-state index contributed by atoms with van der Waals surface area (Å²) in [6, 6.07) is 12.3. The van der Waals surface area contributed by atoms with E-state index < -0.39 is 5.97 Å². The lowest BCUT2D eigenvalue weighted by atomic mass is 10.0. The first kappa shape index (κ1) is 19.5. The van der Waals surface area contributed by atoms with E-state index in [1.165, 1.54) is 4.68 Å². The fourth-order valence-electron chi connectivity index (χ4n) is 3.06. The minimum atomic E-state index is -0.722. The van der Waals surface area contributed by atoms with E-state index in [-0.39, 0.29) is 23.6 Å². The van der Waals surface area contributed by atoms with Gasteiger partial charge in [-0.3, -0.25) is 9.59 Å². The highest BCUT2D eigenvalue weighted by molar-refractivity contribution is 6.04. The molecule has 2 aromatic carbocycles. The van der Waals surface area contributed by atoms with Gasteiger partial charge in [0.15, 0.2) is 12.3 Å². The maximum atomic E-state index is 12.7. The summed E-state index contributed by atoms with van der Waals surface area (Å²) in [5.74, 6) is -1.000.